The summed E-state index contributed by atoms with van der Waals surface area (Å²) in [5.74, 6) is -0.0448. The van der Waals surface area contributed by atoms with E-state index in [1.807, 2.05) is 6.21 Å². The summed E-state index contributed by atoms with van der Waals surface area (Å²) >= 11 is 0. The summed E-state index contributed by atoms with van der Waals surface area (Å²) in [5, 5.41) is 25.2. The van der Waals surface area contributed by atoms with E-state index in [0.29, 0.717) is 13.0 Å². The standard InChI is InChI=1S/C24H37NO7/c1-28-11-21-7-6-15(30-3)23-13-8-12-14(29-2)9-22(26,16(13)17(12)31-4)24(27,20(23)25-10-21)19(32-5)18(21)23/h10,12-20,26-27H,6-9,11H2,1-5H3/t12-,13?,14+,15+,16?,17?,18?,19?,20+,21+,22-,23+,24-/m1/s1. The first kappa shape index (κ1) is 21.9. The molecule has 1 heterocycles. The zero-order valence-corrected chi connectivity index (χ0v) is 19.7. The second-order valence-electron chi connectivity index (χ2n) is 11.2. The molecule has 6 aliphatic rings. The molecular formula is C24H37NO7. The van der Waals surface area contributed by atoms with Gasteiger partial charge in [0.05, 0.1) is 37.1 Å². The van der Waals surface area contributed by atoms with Gasteiger partial charge in [0.15, 0.2) is 0 Å². The number of methoxy groups -OCH3 is 5. The third kappa shape index (κ3) is 1.98. The first-order valence-electron chi connectivity index (χ1n) is 11.9. The van der Waals surface area contributed by atoms with E-state index in [1.54, 1.807) is 35.5 Å². The molecule has 0 aromatic heterocycles. The average Bonchev–Trinajstić information content (AvgIpc) is 3.18. The maximum Gasteiger partial charge on any atom is 0.143 e. The van der Waals surface area contributed by atoms with E-state index < -0.39 is 28.8 Å². The van der Waals surface area contributed by atoms with Gasteiger partial charge < -0.3 is 33.9 Å². The van der Waals surface area contributed by atoms with Crippen molar-refractivity contribution in [3.05, 3.63) is 0 Å². The second-order valence-corrected chi connectivity index (χ2v) is 11.2. The Hall–Kier alpha value is -0.610. The van der Waals surface area contributed by atoms with Crippen molar-refractivity contribution < 1.29 is 33.9 Å². The Kier molecular flexibility index (Phi) is 4.61. The summed E-state index contributed by atoms with van der Waals surface area (Å²) in [6.07, 6.45) is 3.90. The highest BCUT2D eigenvalue weighted by molar-refractivity contribution is 5.72. The highest BCUT2D eigenvalue weighted by atomic mass is 16.5. The number of rotatable bonds is 6. The van der Waals surface area contributed by atoms with E-state index in [9.17, 15) is 10.2 Å². The van der Waals surface area contributed by atoms with E-state index in [0.717, 1.165) is 19.3 Å². The topological polar surface area (TPSA) is 99.0 Å². The molecule has 32 heavy (non-hydrogen) atoms. The quantitative estimate of drug-likeness (QED) is 0.613. The van der Waals surface area contributed by atoms with Crippen LogP contribution in [0.1, 0.15) is 25.7 Å². The van der Waals surface area contributed by atoms with Gasteiger partial charge in [-0.15, -0.1) is 0 Å². The van der Waals surface area contributed by atoms with Gasteiger partial charge in [-0.1, -0.05) is 0 Å². The van der Waals surface area contributed by atoms with Gasteiger partial charge in [0, 0.05) is 76.8 Å². The van der Waals surface area contributed by atoms with Crippen LogP contribution in [0.4, 0.5) is 0 Å². The number of hydrogen-bond acceptors (Lipinski definition) is 8. The fourth-order valence-electron chi connectivity index (χ4n) is 10.2. The molecule has 8 heteroatoms. The van der Waals surface area contributed by atoms with Gasteiger partial charge >= 0.3 is 0 Å². The minimum absolute atomic E-state index is 0.0666. The van der Waals surface area contributed by atoms with Crippen molar-refractivity contribution >= 4 is 6.21 Å². The first-order chi connectivity index (χ1) is 15.4. The fraction of sp³-hybridized carbons (Fsp3) is 0.958. The van der Waals surface area contributed by atoms with E-state index in [-0.39, 0.29) is 47.4 Å². The molecule has 1 spiro atoms. The molecular weight excluding hydrogens is 414 g/mol. The second kappa shape index (κ2) is 6.74. The fourth-order valence-corrected chi connectivity index (χ4v) is 10.2. The van der Waals surface area contributed by atoms with Gasteiger partial charge in [-0.2, -0.15) is 0 Å². The summed E-state index contributed by atoms with van der Waals surface area (Å²) in [6.45, 7) is 0.510. The van der Waals surface area contributed by atoms with E-state index in [1.165, 1.54) is 0 Å². The normalized spacial score (nSPS) is 61.3. The molecule has 5 fully saturated rings. The lowest BCUT2D eigenvalue weighted by molar-refractivity contribution is -0.293. The molecule has 8 nitrogen and oxygen atoms in total. The van der Waals surface area contributed by atoms with E-state index in [2.05, 4.69) is 0 Å². The van der Waals surface area contributed by atoms with Crippen molar-refractivity contribution in [1.29, 1.82) is 0 Å². The number of ether oxygens (including phenoxy) is 5. The molecule has 0 amide bonds. The molecule has 180 valence electrons. The maximum atomic E-state index is 12.7. The first-order valence-corrected chi connectivity index (χ1v) is 11.9. The highest BCUT2D eigenvalue weighted by Gasteiger charge is 2.90. The summed E-state index contributed by atoms with van der Waals surface area (Å²) < 4.78 is 30.1. The van der Waals surface area contributed by atoms with Crippen LogP contribution in [-0.2, 0) is 23.7 Å². The molecule has 0 radical (unpaired) electrons. The number of aliphatic imine (C=N–C) groups is 1. The lowest BCUT2D eigenvalue weighted by Gasteiger charge is -2.65. The van der Waals surface area contributed by atoms with Gasteiger partial charge in [0.25, 0.3) is 0 Å². The van der Waals surface area contributed by atoms with Crippen LogP contribution < -0.4 is 0 Å². The van der Waals surface area contributed by atoms with Crippen molar-refractivity contribution in [2.45, 2.75) is 67.3 Å². The molecule has 0 saturated heterocycles. The average molecular weight is 452 g/mol. The predicted octanol–water partition coefficient (Wildman–Crippen LogP) is 0.674. The van der Waals surface area contributed by atoms with E-state index >= 15 is 0 Å². The minimum atomic E-state index is -1.57. The van der Waals surface area contributed by atoms with Gasteiger partial charge in [0.1, 0.15) is 11.2 Å². The monoisotopic (exact) mass is 451 g/mol. The Morgan fingerprint density at radius 3 is 2.44 bits per heavy atom. The maximum absolute atomic E-state index is 12.7. The summed E-state index contributed by atoms with van der Waals surface area (Å²) in [6, 6.07) is -0.502. The predicted molar refractivity (Wildman–Crippen MR) is 115 cm³/mol. The van der Waals surface area contributed by atoms with Crippen LogP contribution in [0.15, 0.2) is 4.99 Å². The van der Waals surface area contributed by atoms with Crippen LogP contribution in [0.2, 0.25) is 0 Å². The lowest BCUT2D eigenvalue weighted by Crippen LogP contribution is -2.77. The zero-order valence-electron chi connectivity index (χ0n) is 19.7. The Morgan fingerprint density at radius 2 is 1.81 bits per heavy atom. The SMILES string of the molecule is COC[C@]12C=N[C@H]3[C@@]4(C5C[C@H]6C(OC)C5[C@](O)(C[C@@H]6OC)[C@@]3(O)C(OC)C14)[C@@H](OC)CC2. The van der Waals surface area contributed by atoms with Crippen LogP contribution >= 0.6 is 0 Å². The van der Waals surface area contributed by atoms with Crippen LogP contribution in [0.5, 0.6) is 0 Å². The Bertz CT molecular complexity index is 824. The van der Waals surface area contributed by atoms with Gasteiger partial charge in [-0.25, -0.2) is 0 Å². The number of hydrogen-bond donors (Lipinski definition) is 2. The largest absolute Gasteiger partial charge is 0.386 e. The van der Waals surface area contributed by atoms with Gasteiger partial charge in [-0.05, 0) is 25.2 Å². The summed E-state index contributed by atoms with van der Waals surface area (Å²) in [5.41, 5.74) is -3.81. The molecule has 0 aromatic carbocycles. The molecule has 1 aliphatic heterocycles. The van der Waals surface area contributed by atoms with Gasteiger partial charge in [0.2, 0.25) is 0 Å². The van der Waals surface area contributed by atoms with Crippen molar-refractivity contribution in [3.8, 4) is 0 Å². The van der Waals surface area contributed by atoms with Crippen LogP contribution in [0.3, 0.4) is 0 Å². The summed E-state index contributed by atoms with van der Waals surface area (Å²) in [7, 11) is 8.55. The van der Waals surface area contributed by atoms with Crippen molar-refractivity contribution in [2.24, 2.45) is 39.5 Å². The highest BCUT2D eigenvalue weighted by Crippen LogP contribution is 2.79. The number of nitrogens with zero attached hydrogens (tertiary/aromatic N) is 1. The van der Waals surface area contributed by atoms with Crippen LogP contribution in [-0.4, -0.2) is 100 Å². The Morgan fingerprint density at radius 1 is 1.03 bits per heavy atom. The third-order valence-corrected chi connectivity index (χ3v) is 10.8. The minimum Gasteiger partial charge on any atom is -0.386 e. The molecule has 5 saturated carbocycles. The van der Waals surface area contributed by atoms with Crippen molar-refractivity contribution in [2.75, 3.05) is 42.2 Å². The molecule has 6 rings (SSSR count). The Balaban J connectivity index is 1.65. The lowest BCUT2D eigenvalue weighted by atomic mass is 9.44. The third-order valence-electron chi connectivity index (χ3n) is 10.8. The molecule has 13 atom stereocenters. The molecule has 5 unspecified atom stereocenters. The van der Waals surface area contributed by atoms with Crippen molar-refractivity contribution in [3.63, 3.8) is 0 Å². The molecule has 0 aromatic rings. The van der Waals surface area contributed by atoms with Crippen LogP contribution in [0.25, 0.3) is 0 Å². The van der Waals surface area contributed by atoms with E-state index in [4.69, 9.17) is 28.7 Å². The van der Waals surface area contributed by atoms with Crippen molar-refractivity contribution in [1.82, 2.24) is 0 Å². The smallest absolute Gasteiger partial charge is 0.143 e. The van der Waals surface area contributed by atoms with Gasteiger partial charge in [-0.3, -0.25) is 4.99 Å². The molecule has 2 N–H and O–H groups in total. The molecule has 5 aliphatic carbocycles. The zero-order chi connectivity index (χ0) is 22.7. The Labute approximate surface area is 189 Å². The summed E-state index contributed by atoms with van der Waals surface area (Å²) in [4.78, 5) is 5.08. The number of fused-ring (bicyclic) bond motifs is 2. The van der Waals surface area contributed by atoms with Crippen LogP contribution in [0, 0.1) is 34.5 Å². The molecule has 7 bridgehead atoms. The number of aliphatic hydroxyl groups is 2.